The van der Waals surface area contributed by atoms with E-state index in [1.54, 1.807) is 0 Å². The average molecular weight is 284 g/mol. The lowest BCUT2D eigenvalue weighted by Crippen LogP contribution is -2.38. The summed E-state index contributed by atoms with van der Waals surface area (Å²) in [7, 11) is 0. The van der Waals surface area contributed by atoms with Crippen molar-refractivity contribution >= 4 is 11.8 Å². The van der Waals surface area contributed by atoms with Gasteiger partial charge < -0.3 is 5.32 Å². The molecule has 21 heavy (non-hydrogen) atoms. The fraction of sp³-hybridized carbons (Fsp3) is 0.412. The summed E-state index contributed by atoms with van der Waals surface area (Å²) in [5.74, 6) is -0.135. The van der Waals surface area contributed by atoms with E-state index in [0.717, 1.165) is 25.1 Å². The van der Waals surface area contributed by atoms with Gasteiger partial charge in [-0.05, 0) is 25.5 Å². The Morgan fingerprint density at radius 2 is 2.00 bits per heavy atom. The zero-order valence-electron chi connectivity index (χ0n) is 12.3. The predicted octanol–water partition coefficient (Wildman–Crippen LogP) is 1.62. The van der Waals surface area contributed by atoms with Crippen molar-refractivity contribution in [3.05, 3.63) is 47.5 Å². The van der Waals surface area contributed by atoms with Gasteiger partial charge in [0.1, 0.15) is 0 Å². The van der Waals surface area contributed by atoms with Gasteiger partial charge in [0.25, 0.3) is 0 Å². The molecule has 1 unspecified atom stereocenters. The third-order valence-corrected chi connectivity index (χ3v) is 4.45. The lowest BCUT2D eigenvalue weighted by atomic mass is 9.81. The van der Waals surface area contributed by atoms with Crippen LogP contribution >= 0.6 is 0 Å². The Labute approximate surface area is 124 Å². The van der Waals surface area contributed by atoms with E-state index in [2.05, 4.69) is 11.4 Å². The summed E-state index contributed by atoms with van der Waals surface area (Å²) in [5, 5.41) is 3.24. The molecule has 0 spiro atoms. The average Bonchev–Trinajstić information content (AvgIpc) is 2.74. The molecule has 1 fully saturated rings. The molecule has 1 N–H and O–H groups in total. The number of hydrogen-bond donors (Lipinski definition) is 1. The summed E-state index contributed by atoms with van der Waals surface area (Å²) in [6.45, 7) is 4.06. The van der Waals surface area contributed by atoms with Crippen LogP contribution in [0.4, 0.5) is 0 Å². The number of nitrogens with one attached hydrogen (secondary N) is 1. The van der Waals surface area contributed by atoms with Crippen molar-refractivity contribution in [1.29, 1.82) is 0 Å². The SMILES string of the molecule is CC1(c2ccccc2)CC(=O)N(CC2=CCNCC2)C1=O. The second-order valence-electron chi connectivity index (χ2n) is 5.98. The summed E-state index contributed by atoms with van der Waals surface area (Å²) in [6.07, 6.45) is 3.25. The van der Waals surface area contributed by atoms with E-state index in [9.17, 15) is 9.59 Å². The molecule has 4 heteroatoms. The summed E-state index contributed by atoms with van der Waals surface area (Å²) < 4.78 is 0. The Hall–Kier alpha value is -1.94. The van der Waals surface area contributed by atoms with Crippen LogP contribution in [0.2, 0.25) is 0 Å². The molecule has 3 rings (SSSR count). The number of imide groups is 1. The number of hydrogen-bond acceptors (Lipinski definition) is 3. The Morgan fingerprint density at radius 3 is 2.67 bits per heavy atom. The highest BCUT2D eigenvalue weighted by molar-refractivity contribution is 6.09. The van der Waals surface area contributed by atoms with E-state index in [-0.39, 0.29) is 18.2 Å². The third-order valence-electron chi connectivity index (χ3n) is 4.45. The highest BCUT2D eigenvalue weighted by Gasteiger charge is 2.49. The number of rotatable bonds is 3. The molecule has 1 aromatic rings. The molecule has 1 aromatic carbocycles. The second kappa shape index (κ2) is 5.45. The maximum Gasteiger partial charge on any atom is 0.240 e. The number of nitrogens with zero attached hydrogens (tertiary/aromatic N) is 1. The highest BCUT2D eigenvalue weighted by Crippen LogP contribution is 2.36. The van der Waals surface area contributed by atoms with E-state index in [1.165, 1.54) is 10.5 Å². The molecule has 4 nitrogen and oxygen atoms in total. The van der Waals surface area contributed by atoms with Crippen molar-refractivity contribution in [2.24, 2.45) is 0 Å². The molecular formula is C17H20N2O2. The lowest BCUT2D eigenvalue weighted by molar-refractivity contribution is -0.139. The first-order valence-corrected chi connectivity index (χ1v) is 7.40. The van der Waals surface area contributed by atoms with Gasteiger partial charge in [-0.1, -0.05) is 42.0 Å². The highest BCUT2D eigenvalue weighted by atomic mass is 16.2. The lowest BCUT2D eigenvalue weighted by Gasteiger charge is -2.24. The summed E-state index contributed by atoms with van der Waals surface area (Å²) >= 11 is 0. The van der Waals surface area contributed by atoms with Crippen LogP contribution in [-0.4, -0.2) is 36.3 Å². The molecule has 0 bridgehead atoms. The van der Waals surface area contributed by atoms with Gasteiger partial charge in [-0.3, -0.25) is 14.5 Å². The molecule has 2 aliphatic rings. The predicted molar refractivity (Wildman–Crippen MR) is 80.7 cm³/mol. The van der Waals surface area contributed by atoms with Crippen LogP contribution in [0.3, 0.4) is 0 Å². The fourth-order valence-corrected chi connectivity index (χ4v) is 3.09. The Morgan fingerprint density at radius 1 is 1.24 bits per heavy atom. The van der Waals surface area contributed by atoms with E-state index in [4.69, 9.17) is 0 Å². The van der Waals surface area contributed by atoms with Gasteiger partial charge in [0.15, 0.2) is 0 Å². The molecule has 2 aliphatic heterocycles. The number of carbonyl (C=O) groups is 2. The molecule has 0 saturated carbocycles. The first-order chi connectivity index (χ1) is 10.1. The van der Waals surface area contributed by atoms with Crippen LogP contribution in [0.5, 0.6) is 0 Å². The van der Waals surface area contributed by atoms with Gasteiger partial charge in [-0.2, -0.15) is 0 Å². The minimum atomic E-state index is -0.716. The number of likely N-dealkylation sites (tertiary alicyclic amines) is 1. The Balaban J connectivity index is 1.83. The van der Waals surface area contributed by atoms with Gasteiger partial charge >= 0.3 is 0 Å². The van der Waals surface area contributed by atoms with E-state index in [1.807, 2.05) is 37.3 Å². The maximum atomic E-state index is 12.8. The molecule has 0 radical (unpaired) electrons. The van der Waals surface area contributed by atoms with Crippen molar-refractivity contribution in [3.8, 4) is 0 Å². The Bertz CT molecular complexity index is 594. The number of amides is 2. The van der Waals surface area contributed by atoms with Gasteiger partial charge in [-0.15, -0.1) is 0 Å². The van der Waals surface area contributed by atoms with Crippen molar-refractivity contribution in [1.82, 2.24) is 10.2 Å². The second-order valence-corrected chi connectivity index (χ2v) is 5.98. The van der Waals surface area contributed by atoms with Gasteiger partial charge in [0.05, 0.1) is 5.41 Å². The van der Waals surface area contributed by atoms with Crippen molar-refractivity contribution in [3.63, 3.8) is 0 Å². The summed E-state index contributed by atoms with van der Waals surface area (Å²) in [6, 6.07) is 9.61. The first-order valence-electron chi connectivity index (χ1n) is 7.40. The monoisotopic (exact) mass is 284 g/mol. The topological polar surface area (TPSA) is 49.4 Å². The van der Waals surface area contributed by atoms with E-state index in [0.29, 0.717) is 6.54 Å². The molecule has 0 aliphatic carbocycles. The van der Waals surface area contributed by atoms with Crippen LogP contribution in [-0.2, 0) is 15.0 Å². The van der Waals surface area contributed by atoms with Crippen molar-refractivity contribution in [2.75, 3.05) is 19.6 Å². The van der Waals surface area contributed by atoms with Crippen molar-refractivity contribution < 1.29 is 9.59 Å². The molecule has 2 heterocycles. The van der Waals surface area contributed by atoms with Crippen LogP contribution in [0.1, 0.15) is 25.3 Å². The number of benzene rings is 1. The third kappa shape index (κ3) is 2.51. The minimum Gasteiger partial charge on any atom is -0.313 e. The maximum absolute atomic E-state index is 12.8. The van der Waals surface area contributed by atoms with Crippen LogP contribution in [0.25, 0.3) is 0 Å². The molecule has 0 aromatic heterocycles. The van der Waals surface area contributed by atoms with Gasteiger partial charge in [-0.25, -0.2) is 0 Å². The largest absolute Gasteiger partial charge is 0.313 e. The summed E-state index contributed by atoms with van der Waals surface area (Å²) in [4.78, 5) is 26.5. The van der Waals surface area contributed by atoms with E-state index >= 15 is 0 Å². The molecule has 110 valence electrons. The molecule has 2 amide bonds. The molecular weight excluding hydrogens is 264 g/mol. The number of carbonyl (C=O) groups excluding carboxylic acids is 2. The molecule has 1 atom stereocenters. The zero-order valence-corrected chi connectivity index (χ0v) is 12.3. The normalized spacial score (nSPS) is 26.1. The first kappa shape index (κ1) is 14.0. The van der Waals surface area contributed by atoms with Crippen LogP contribution in [0.15, 0.2) is 42.0 Å². The molecule has 1 saturated heterocycles. The zero-order chi connectivity index (χ0) is 14.9. The quantitative estimate of drug-likeness (QED) is 0.678. The summed E-state index contributed by atoms with van der Waals surface area (Å²) in [5.41, 5.74) is 1.38. The van der Waals surface area contributed by atoms with Crippen LogP contribution < -0.4 is 5.32 Å². The van der Waals surface area contributed by atoms with Gasteiger partial charge in [0, 0.05) is 19.5 Å². The standard InChI is InChI=1S/C17H20N2O2/c1-17(14-5-3-2-4-6-14)11-15(20)19(16(17)21)12-13-7-9-18-10-8-13/h2-7,18H,8-12H2,1H3. The van der Waals surface area contributed by atoms with E-state index < -0.39 is 5.41 Å². The fourth-order valence-electron chi connectivity index (χ4n) is 3.09. The Kier molecular flexibility index (Phi) is 3.64. The minimum absolute atomic E-state index is 0.0641. The van der Waals surface area contributed by atoms with Crippen LogP contribution in [0, 0.1) is 0 Å². The van der Waals surface area contributed by atoms with Gasteiger partial charge in [0.2, 0.25) is 11.8 Å². The van der Waals surface area contributed by atoms with Crippen molar-refractivity contribution in [2.45, 2.75) is 25.2 Å². The smallest absolute Gasteiger partial charge is 0.240 e.